The largest absolute Gasteiger partial charge is 0.337 e. The van der Waals surface area contributed by atoms with Gasteiger partial charge in [-0.05, 0) is 60.9 Å². The van der Waals surface area contributed by atoms with Crippen LogP contribution in [0.15, 0.2) is 84.6 Å². The zero-order valence-corrected chi connectivity index (χ0v) is 18.3. The summed E-state index contributed by atoms with van der Waals surface area (Å²) in [5.41, 5.74) is 2.90. The first kappa shape index (κ1) is 21.8. The van der Waals surface area contributed by atoms with Crippen LogP contribution in [0.5, 0.6) is 0 Å². The summed E-state index contributed by atoms with van der Waals surface area (Å²) in [6.07, 6.45) is 0.510. The Balaban J connectivity index is 1.72. The quantitative estimate of drug-likeness (QED) is 0.459. The van der Waals surface area contributed by atoms with E-state index in [2.05, 4.69) is 0 Å². The Kier molecular flexibility index (Phi) is 6.37. The van der Waals surface area contributed by atoms with E-state index in [4.69, 9.17) is 11.6 Å². The van der Waals surface area contributed by atoms with Crippen LogP contribution in [0.2, 0.25) is 5.02 Å². The summed E-state index contributed by atoms with van der Waals surface area (Å²) < 4.78 is 13.5. The van der Waals surface area contributed by atoms with Crippen molar-refractivity contribution in [2.75, 3.05) is 18.0 Å². The zero-order chi connectivity index (χ0) is 22.7. The molecule has 6 heteroatoms. The predicted octanol–water partition coefficient (Wildman–Crippen LogP) is 5.33. The molecule has 4 rings (SSSR count). The number of hydrogen-bond donors (Lipinski definition) is 0. The molecule has 0 unspecified atom stereocenters. The molecule has 1 heterocycles. The van der Waals surface area contributed by atoms with E-state index in [-0.39, 0.29) is 23.9 Å². The Morgan fingerprint density at radius 1 is 0.875 bits per heavy atom. The molecule has 0 atom stereocenters. The molecule has 0 radical (unpaired) electrons. The first-order valence-corrected chi connectivity index (χ1v) is 10.8. The van der Waals surface area contributed by atoms with Crippen LogP contribution in [0.4, 0.5) is 10.1 Å². The maximum atomic E-state index is 13.5. The molecule has 162 valence electrons. The number of anilines is 1. The average molecular weight is 449 g/mol. The van der Waals surface area contributed by atoms with Crippen LogP contribution in [0.1, 0.15) is 18.1 Å². The minimum absolute atomic E-state index is 0.236. The van der Waals surface area contributed by atoms with E-state index in [9.17, 15) is 14.0 Å². The number of amides is 2. The van der Waals surface area contributed by atoms with E-state index >= 15 is 0 Å². The lowest BCUT2D eigenvalue weighted by Gasteiger charge is -2.25. The highest BCUT2D eigenvalue weighted by Crippen LogP contribution is 2.34. The van der Waals surface area contributed by atoms with Crippen LogP contribution in [0.3, 0.4) is 0 Å². The van der Waals surface area contributed by atoms with Crippen molar-refractivity contribution in [2.45, 2.75) is 13.3 Å². The van der Waals surface area contributed by atoms with Gasteiger partial charge in [0.25, 0.3) is 11.8 Å². The van der Waals surface area contributed by atoms with Crippen molar-refractivity contribution in [3.8, 4) is 0 Å². The van der Waals surface area contributed by atoms with Crippen molar-refractivity contribution in [3.63, 3.8) is 0 Å². The topological polar surface area (TPSA) is 40.6 Å². The molecule has 0 saturated heterocycles. The van der Waals surface area contributed by atoms with Crippen molar-refractivity contribution >= 4 is 34.7 Å². The van der Waals surface area contributed by atoms with E-state index in [1.165, 1.54) is 29.2 Å². The Hall–Kier alpha value is -3.44. The summed E-state index contributed by atoms with van der Waals surface area (Å²) in [6.45, 7) is 2.66. The van der Waals surface area contributed by atoms with E-state index < -0.39 is 5.82 Å². The highest BCUT2D eigenvalue weighted by Gasteiger charge is 2.41. The van der Waals surface area contributed by atoms with Crippen LogP contribution in [0, 0.1) is 5.82 Å². The third-order valence-corrected chi connectivity index (χ3v) is 5.72. The fourth-order valence-electron chi connectivity index (χ4n) is 3.86. The normalized spacial score (nSPS) is 13.8. The number of hydrogen-bond acceptors (Lipinski definition) is 3. The molecule has 0 spiro atoms. The Morgan fingerprint density at radius 2 is 1.53 bits per heavy atom. The monoisotopic (exact) mass is 448 g/mol. The summed E-state index contributed by atoms with van der Waals surface area (Å²) >= 11 is 5.95. The number of para-hydroxylation sites is 1. The lowest BCUT2D eigenvalue weighted by molar-refractivity contribution is -0.136. The summed E-state index contributed by atoms with van der Waals surface area (Å²) in [4.78, 5) is 30.1. The van der Waals surface area contributed by atoms with Crippen molar-refractivity contribution in [1.29, 1.82) is 0 Å². The van der Waals surface area contributed by atoms with Gasteiger partial charge in [0.05, 0.1) is 5.57 Å². The van der Waals surface area contributed by atoms with Crippen LogP contribution >= 0.6 is 11.6 Å². The third-order valence-electron chi connectivity index (χ3n) is 5.47. The molecule has 3 aromatic rings. The van der Waals surface area contributed by atoms with Gasteiger partial charge in [-0.3, -0.25) is 14.5 Å². The number of carbonyl (C=O) groups excluding carboxylic acids is 2. The molecule has 3 aromatic carbocycles. The van der Waals surface area contributed by atoms with Gasteiger partial charge in [0.15, 0.2) is 0 Å². The van der Waals surface area contributed by atoms with Crippen molar-refractivity contribution < 1.29 is 14.0 Å². The zero-order valence-electron chi connectivity index (χ0n) is 17.6. The smallest absolute Gasteiger partial charge is 0.278 e. The van der Waals surface area contributed by atoms with Gasteiger partial charge in [-0.15, -0.1) is 0 Å². The highest BCUT2D eigenvalue weighted by atomic mass is 35.5. The molecular formula is C26H22ClFN2O2. The van der Waals surface area contributed by atoms with Crippen LogP contribution in [0.25, 0.3) is 5.57 Å². The Labute approximate surface area is 191 Å². The van der Waals surface area contributed by atoms with Crippen LogP contribution < -0.4 is 4.90 Å². The van der Waals surface area contributed by atoms with E-state index in [1.807, 2.05) is 54.3 Å². The fraction of sp³-hybridized carbons (Fsp3) is 0.154. The van der Waals surface area contributed by atoms with Gasteiger partial charge >= 0.3 is 0 Å². The van der Waals surface area contributed by atoms with Gasteiger partial charge in [-0.25, -0.2) is 4.39 Å². The lowest BCUT2D eigenvalue weighted by Crippen LogP contribution is -2.36. The molecular weight excluding hydrogens is 427 g/mol. The Morgan fingerprint density at radius 3 is 2.16 bits per heavy atom. The lowest BCUT2D eigenvalue weighted by atomic mass is 10.0. The molecule has 0 aromatic heterocycles. The van der Waals surface area contributed by atoms with E-state index in [0.717, 1.165) is 11.3 Å². The number of carbonyl (C=O) groups is 2. The number of rotatable bonds is 7. The van der Waals surface area contributed by atoms with Crippen molar-refractivity contribution in [1.82, 2.24) is 4.90 Å². The first-order valence-electron chi connectivity index (χ1n) is 10.4. The number of likely N-dealkylation sites (N-methyl/N-ethyl adjacent to an activating group) is 1. The first-order chi connectivity index (χ1) is 15.5. The van der Waals surface area contributed by atoms with Gasteiger partial charge in [0.1, 0.15) is 11.5 Å². The van der Waals surface area contributed by atoms with E-state index in [1.54, 1.807) is 12.1 Å². The second-order valence-electron chi connectivity index (χ2n) is 7.45. The van der Waals surface area contributed by atoms with Crippen molar-refractivity contribution in [3.05, 3.63) is 107 Å². The van der Waals surface area contributed by atoms with Crippen molar-refractivity contribution in [2.24, 2.45) is 0 Å². The summed E-state index contributed by atoms with van der Waals surface area (Å²) in [5.74, 6) is -1.13. The molecule has 2 amide bonds. The Bertz CT molecular complexity index is 1160. The molecule has 4 nitrogen and oxygen atoms in total. The molecule has 0 bridgehead atoms. The summed E-state index contributed by atoms with van der Waals surface area (Å²) in [5, 5.41) is 0.631. The standard InChI is InChI=1S/C26H22ClFN2O2/c1-2-29(22-6-4-3-5-7-22)24-23(19-10-14-21(28)15-11-19)25(31)30(26(24)32)17-16-18-8-12-20(27)13-9-18/h3-15H,2,16-17H2,1H3. The maximum absolute atomic E-state index is 13.5. The van der Waals surface area contributed by atoms with Crippen LogP contribution in [-0.2, 0) is 16.0 Å². The molecule has 0 fully saturated rings. The van der Waals surface area contributed by atoms with Gasteiger partial charge in [-0.2, -0.15) is 0 Å². The number of halogens is 2. The second kappa shape index (κ2) is 9.37. The summed E-state index contributed by atoms with van der Waals surface area (Å²) in [6, 6.07) is 22.5. The number of imide groups is 1. The number of benzene rings is 3. The third kappa shape index (κ3) is 4.30. The average Bonchev–Trinajstić information content (AvgIpc) is 3.05. The van der Waals surface area contributed by atoms with Gasteiger partial charge in [0.2, 0.25) is 0 Å². The van der Waals surface area contributed by atoms with Gasteiger partial charge in [-0.1, -0.05) is 54.1 Å². The van der Waals surface area contributed by atoms with E-state index in [0.29, 0.717) is 29.2 Å². The fourth-order valence-corrected chi connectivity index (χ4v) is 3.99. The molecule has 1 aliphatic heterocycles. The second-order valence-corrected chi connectivity index (χ2v) is 7.89. The molecule has 32 heavy (non-hydrogen) atoms. The molecule has 0 aliphatic carbocycles. The molecule has 0 N–H and O–H groups in total. The molecule has 0 saturated carbocycles. The summed E-state index contributed by atoms with van der Waals surface area (Å²) in [7, 11) is 0. The number of nitrogens with zero attached hydrogens (tertiary/aromatic N) is 2. The van der Waals surface area contributed by atoms with Gasteiger partial charge < -0.3 is 4.90 Å². The molecule has 1 aliphatic rings. The highest BCUT2D eigenvalue weighted by molar-refractivity contribution is 6.36. The predicted molar refractivity (Wildman–Crippen MR) is 125 cm³/mol. The van der Waals surface area contributed by atoms with Crippen LogP contribution in [-0.4, -0.2) is 29.8 Å². The minimum Gasteiger partial charge on any atom is -0.337 e. The minimum atomic E-state index is -0.400. The van der Waals surface area contributed by atoms with Gasteiger partial charge in [0, 0.05) is 23.8 Å². The maximum Gasteiger partial charge on any atom is 0.278 e. The SMILES string of the molecule is CCN(C1=C(c2ccc(F)cc2)C(=O)N(CCc2ccc(Cl)cc2)C1=O)c1ccccc1.